The first-order chi connectivity index (χ1) is 5.70. The van der Waals surface area contributed by atoms with Gasteiger partial charge in [-0.2, -0.15) is 0 Å². The normalized spacial score (nSPS) is 14.8. The largest absolute Gasteiger partial charge is 0.513 e. The highest BCUT2D eigenvalue weighted by atomic mass is 28.3. The molecule has 0 amide bonds. The minimum atomic E-state index is -1.42. The maximum absolute atomic E-state index is 9.64. The number of aliphatic hydroxyl groups excluding tert-OH is 1. The van der Waals surface area contributed by atoms with Gasteiger partial charge in [-0.25, -0.2) is 0 Å². The van der Waals surface area contributed by atoms with Gasteiger partial charge in [0.1, 0.15) is 0 Å². The molecule has 0 heterocycles. The zero-order valence-corrected chi connectivity index (χ0v) is 10.9. The number of allylic oxidation sites excluding steroid dienone is 1. The molecule has 0 spiro atoms. The van der Waals surface area contributed by atoms with Crippen molar-refractivity contribution in [1.82, 2.24) is 0 Å². The molecule has 13 heavy (non-hydrogen) atoms. The van der Waals surface area contributed by atoms with Crippen molar-refractivity contribution in [2.24, 2.45) is 0 Å². The van der Waals surface area contributed by atoms with E-state index >= 15 is 0 Å². The SMILES string of the molecule is CCC/C(O)=C/[Si](C)(C)C(C)(C)C. The average molecular weight is 200 g/mol. The molecule has 0 saturated heterocycles. The molecule has 0 radical (unpaired) electrons. The second-order valence-corrected chi connectivity index (χ2v) is 10.6. The van der Waals surface area contributed by atoms with E-state index in [1.54, 1.807) is 0 Å². The highest BCUT2D eigenvalue weighted by molar-refractivity contribution is 6.84. The molecule has 0 aromatic carbocycles. The Kier molecular flexibility index (Phi) is 4.23. The summed E-state index contributed by atoms with van der Waals surface area (Å²) in [4.78, 5) is 0. The Bertz CT molecular complexity index is 187. The van der Waals surface area contributed by atoms with Crippen LogP contribution in [0, 0.1) is 0 Å². The van der Waals surface area contributed by atoms with Crippen LogP contribution in [0.15, 0.2) is 11.5 Å². The van der Waals surface area contributed by atoms with Gasteiger partial charge < -0.3 is 5.11 Å². The average Bonchev–Trinajstić information content (AvgIpc) is 1.83. The van der Waals surface area contributed by atoms with Crippen LogP contribution in [0.5, 0.6) is 0 Å². The Balaban J connectivity index is 4.57. The topological polar surface area (TPSA) is 20.2 Å². The minimum Gasteiger partial charge on any atom is -0.513 e. The quantitative estimate of drug-likeness (QED) is 0.532. The summed E-state index contributed by atoms with van der Waals surface area (Å²) in [6.45, 7) is 13.5. The number of aliphatic hydroxyl groups is 1. The molecule has 0 atom stereocenters. The standard InChI is InChI=1S/C11H24OSi/c1-7-8-10(12)9-13(5,6)11(2,3)4/h9,12H,7-8H2,1-6H3/b10-9-. The molecule has 1 N–H and O–H groups in total. The van der Waals surface area contributed by atoms with Crippen LogP contribution >= 0.6 is 0 Å². The zero-order valence-electron chi connectivity index (χ0n) is 9.94. The summed E-state index contributed by atoms with van der Waals surface area (Å²) in [5.41, 5.74) is 2.14. The first-order valence-electron chi connectivity index (χ1n) is 5.11. The van der Waals surface area contributed by atoms with Gasteiger partial charge in [0.2, 0.25) is 0 Å². The molecule has 2 heteroatoms. The first kappa shape index (κ1) is 12.8. The third kappa shape index (κ3) is 3.99. The number of hydrogen-bond donors (Lipinski definition) is 1. The highest BCUT2D eigenvalue weighted by Gasteiger charge is 2.33. The monoisotopic (exact) mass is 200 g/mol. The summed E-state index contributed by atoms with van der Waals surface area (Å²) in [6.07, 6.45) is 1.85. The van der Waals surface area contributed by atoms with Crippen LogP contribution in [0.3, 0.4) is 0 Å². The first-order valence-corrected chi connectivity index (χ1v) is 8.19. The van der Waals surface area contributed by atoms with Gasteiger partial charge in [0, 0.05) is 6.42 Å². The van der Waals surface area contributed by atoms with Crippen molar-refractivity contribution < 1.29 is 5.11 Å². The highest BCUT2D eigenvalue weighted by Crippen LogP contribution is 2.37. The third-order valence-electron chi connectivity index (χ3n) is 2.97. The van der Waals surface area contributed by atoms with E-state index < -0.39 is 8.07 Å². The van der Waals surface area contributed by atoms with E-state index in [4.69, 9.17) is 0 Å². The van der Waals surface area contributed by atoms with Crippen LogP contribution in [0.2, 0.25) is 18.1 Å². The lowest BCUT2D eigenvalue weighted by Gasteiger charge is -2.34. The Labute approximate surface area is 83.9 Å². The van der Waals surface area contributed by atoms with Crippen LogP contribution in [0.25, 0.3) is 0 Å². The van der Waals surface area contributed by atoms with E-state index in [0.29, 0.717) is 10.8 Å². The van der Waals surface area contributed by atoms with Gasteiger partial charge in [-0.05, 0) is 11.5 Å². The second-order valence-electron chi connectivity index (χ2n) is 5.36. The molecule has 0 aliphatic carbocycles. The second kappa shape index (κ2) is 4.31. The van der Waals surface area contributed by atoms with Crippen LogP contribution in [-0.2, 0) is 0 Å². The summed E-state index contributed by atoms with van der Waals surface area (Å²) in [7, 11) is -1.42. The smallest absolute Gasteiger partial charge is 0.0844 e. The maximum atomic E-state index is 9.64. The van der Waals surface area contributed by atoms with E-state index in [1.807, 2.05) is 0 Å². The summed E-state index contributed by atoms with van der Waals surface area (Å²) in [5.74, 6) is 0.592. The zero-order chi connectivity index (χ0) is 10.7. The van der Waals surface area contributed by atoms with Gasteiger partial charge in [0.25, 0.3) is 0 Å². The van der Waals surface area contributed by atoms with Crippen molar-refractivity contribution in [3.05, 3.63) is 11.5 Å². The fraction of sp³-hybridized carbons (Fsp3) is 0.818. The van der Waals surface area contributed by atoms with E-state index in [0.717, 1.165) is 12.8 Å². The van der Waals surface area contributed by atoms with Gasteiger partial charge in [-0.3, -0.25) is 0 Å². The predicted molar refractivity (Wildman–Crippen MR) is 62.8 cm³/mol. The molecule has 0 aromatic rings. The lowest BCUT2D eigenvalue weighted by atomic mass is 10.2. The Morgan fingerprint density at radius 3 is 2.08 bits per heavy atom. The molecule has 1 nitrogen and oxygen atoms in total. The lowest BCUT2D eigenvalue weighted by Crippen LogP contribution is -2.35. The van der Waals surface area contributed by atoms with Gasteiger partial charge in [0.15, 0.2) is 0 Å². The summed E-state index contributed by atoms with van der Waals surface area (Å²) in [6, 6.07) is 0. The molecule has 0 bridgehead atoms. The van der Waals surface area contributed by atoms with Crippen molar-refractivity contribution in [1.29, 1.82) is 0 Å². The maximum Gasteiger partial charge on any atom is 0.0844 e. The van der Waals surface area contributed by atoms with Crippen LogP contribution in [0.4, 0.5) is 0 Å². The predicted octanol–water partition coefficient (Wildman–Crippen LogP) is 4.28. The van der Waals surface area contributed by atoms with E-state index in [9.17, 15) is 5.11 Å². The minimum absolute atomic E-state index is 0.328. The van der Waals surface area contributed by atoms with Crippen molar-refractivity contribution in [3.8, 4) is 0 Å². The molecule has 0 unspecified atom stereocenters. The third-order valence-corrected chi connectivity index (χ3v) is 7.89. The van der Waals surface area contributed by atoms with Gasteiger partial charge in [-0.15, -0.1) is 0 Å². The van der Waals surface area contributed by atoms with Crippen molar-refractivity contribution in [2.45, 2.75) is 58.7 Å². The van der Waals surface area contributed by atoms with E-state index in [-0.39, 0.29) is 0 Å². The van der Waals surface area contributed by atoms with E-state index in [2.05, 4.69) is 46.5 Å². The van der Waals surface area contributed by atoms with Crippen molar-refractivity contribution >= 4 is 8.07 Å². The van der Waals surface area contributed by atoms with Crippen LogP contribution in [0.1, 0.15) is 40.5 Å². The summed E-state index contributed by atoms with van der Waals surface area (Å²) >= 11 is 0. The van der Waals surface area contributed by atoms with Crippen LogP contribution in [-0.4, -0.2) is 13.2 Å². The number of hydrogen-bond acceptors (Lipinski definition) is 1. The van der Waals surface area contributed by atoms with E-state index in [1.165, 1.54) is 0 Å². The molecular weight excluding hydrogens is 176 g/mol. The fourth-order valence-electron chi connectivity index (χ4n) is 0.961. The van der Waals surface area contributed by atoms with Gasteiger partial charge in [0.05, 0.1) is 13.8 Å². The summed E-state index contributed by atoms with van der Waals surface area (Å²) < 4.78 is 0. The summed E-state index contributed by atoms with van der Waals surface area (Å²) in [5, 5.41) is 9.97. The molecule has 0 rings (SSSR count). The Morgan fingerprint density at radius 1 is 1.31 bits per heavy atom. The molecule has 0 aromatic heterocycles. The van der Waals surface area contributed by atoms with Crippen LogP contribution < -0.4 is 0 Å². The van der Waals surface area contributed by atoms with Gasteiger partial charge in [-0.1, -0.05) is 46.5 Å². The Hall–Kier alpha value is -0.243. The molecular formula is C11H24OSi. The Morgan fingerprint density at radius 2 is 1.77 bits per heavy atom. The lowest BCUT2D eigenvalue weighted by molar-refractivity contribution is 0.387. The van der Waals surface area contributed by atoms with Gasteiger partial charge >= 0.3 is 0 Å². The molecule has 0 aliphatic rings. The van der Waals surface area contributed by atoms with Crippen molar-refractivity contribution in [3.63, 3.8) is 0 Å². The molecule has 0 aliphatic heterocycles. The molecule has 78 valence electrons. The fourth-order valence-corrected chi connectivity index (χ4v) is 2.37. The number of rotatable bonds is 3. The molecule has 0 fully saturated rings. The molecule has 0 saturated carbocycles. The van der Waals surface area contributed by atoms with Crippen molar-refractivity contribution in [2.75, 3.05) is 0 Å².